The van der Waals surface area contributed by atoms with E-state index in [-0.39, 0.29) is 30.2 Å². The van der Waals surface area contributed by atoms with Crippen LogP contribution in [0.1, 0.15) is 12.0 Å². The average molecular weight is 357 g/mol. The van der Waals surface area contributed by atoms with Gasteiger partial charge in [-0.15, -0.1) is 0 Å². The van der Waals surface area contributed by atoms with E-state index < -0.39 is 0 Å². The first-order valence-corrected chi connectivity index (χ1v) is 8.56. The molecule has 1 saturated heterocycles. The predicted octanol–water partition coefficient (Wildman–Crippen LogP) is 0.357. The number of rotatable bonds is 6. The SMILES string of the molecule is CO[C@H]1C[C@@H](CNC(=O)Cn2ccc(C)cc2=O)N(c2ccncn2)C1. The summed E-state index contributed by atoms with van der Waals surface area (Å²) in [5, 5.41) is 2.92. The number of aryl methyl sites for hydroxylation is 1. The number of amides is 1. The van der Waals surface area contributed by atoms with Crippen molar-refractivity contribution in [2.24, 2.45) is 0 Å². The van der Waals surface area contributed by atoms with Gasteiger partial charge in [-0.1, -0.05) is 0 Å². The number of pyridine rings is 1. The lowest BCUT2D eigenvalue weighted by Crippen LogP contribution is -2.42. The van der Waals surface area contributed by atoms with Crippen LogP contribution in [0.5, 0.6) is 0 Å². The fraction of sp³-hybridized carbons (Fsp3) is 0.444. The molecule has 0 spiro atoms. The van der Waals surface area contributed by atoms with Gasteiger partial charge in [0.2, 0.25) is 5.91 Å². The Morgan fingerprint density at radius 2 is 2.27 bits per heavy atom. The molecular weight excluding hydrogens is 334 g/mol. The van der Waals surface area contributed by atoms with Crippen molar-refractivity contribution in [1.82, 2.24) is 19.9 Å². The molecule has 1 fully saturated rings. The summed E-state index contributed by atoms with van der Waals surface area (Å²) in [4.78, 5) is 34.5. The van der Waals surface area contributed by atoms with Crippen LogP contribution >= 0.6 is 0 Å². The van der Waals surface area contributed by atoms with Crippen molar-refractivity contribution in [3.05, 3.63) is 52.8 Å². The van der Waals surface area contributed by atoms with Gasteiger partial charge in [-0.3, -0.25) is 9.59 Å². The van der Waals surface area contributed by atoms with Crippen LogP contribution in [0.15, 0.2) is 41.7 Å². The van der Waals surface area contributed by atoms with E-state index >= 15 is 0 Å². The second-order valence-electron chi connectivity index (χ2n) is 6.44. The molecule has 8 nitrogen and oxygen atoms in total. The summed E-state index contributed by atoms with van der Waals surface area (Å²) in [5.41, 5.74) is 0.701. The third-order valence-corrected chi connectivity index (χ3v) is 4.57. The number of methoxy groups -OCH3 is 1. The largest absolute Gasteiger partial charge is 0.380 e. The highest BCUT2D eigenvalue weighted by atomic mass is 16.5. The highest BCUT2D eigenvalue weighted by Gasteiger charge is 2.33. The molecule has 2 atom stereocenters. The summed E-state index contributed by atoms with van der Waals surface area (Å²) in [7, 11) is 1.69. The number of ether oxygens (including phenoxy) is 1. The number of hydrogen-bond donors (Lipinski definition) is 1. The average Bonchev–Trinajstić information content (AvgIpc) is 3.06. The number of anilines is 1. The van der Waals surface area contributed by atoms with E-state index in [9.17, 15) is 9.59 Å². The van der Waals surface area contributed by atoms with Crippen LogP contribution in [0.3, 0.4) is 0 Å². The number of carbonyl (C=O) groups excluding carboxylic acids is 1. The molecule has 1 N–H and O–H groups in total. The first-order chi connectivity index (χ1) is 12.6. The molecule has 1 aliphatic heterocycles. The van der Waals surface area contributed by atoms with Crippen LogP contribution in [0, 0.1) is 6.92 Å². The lowest BCUT2D eigenvalue weighted by Gasteiger charge is -2.25. The maximum absolute atomic E-state index is 12.3. The minimum absolute atomic E-state index is 0.00699. The molecule has 3 rings (SSSR count). The van der Waals surface area contributed by atoms with Crippen molar-refractivity contribution >= 4 is 11.7 Å². The lowest BCUT2D eigenvalue weighted by atomic mass is 10.2. The zero-order valence-corrected chi connectivity index (χ0v) is 15.0. The molecule has 1 amide bonds. The third kappa shape index (κ3) is 4.26. The number of carbonyl (C=O) groups is 1. The Balaban J connectivity index is 1.61. The molecular formula is C18H23N5O3. The first-order valence-electron chi connectivity index (χ1n) is 8.56. The zero-order valence-electron chi connectivity index (χ0n) is 15.0. The van der Waals surface area contributed by atoms with E-state index in [4.69, 9.17) is 4.74 Å². The van der Waals surface area contributed by atoms with Gasteiger partial charge in [-0.25, -0.2) is 9.97 Å². The fourth-order valence-corrected chi connectivity index (χ4v) is 3.15. The molecule has 8 heteroatoms. The van der Waals surface area contributed by atoms with Crippen LogP contribution in [-0.4, -0.2) is 52.8 Å². The van der Waals surface area contributed by atoms with Gasteiger partial charge in [-0.2, -0.15) is 0 Å². The first kappa shape index (κ1) is 18.1. The summed E-state index contributed by atoms with van der Waals surface area (Å²) in [6, 6.07) is 5.25. The Hall–Kier alpha value is -2.74. The minimum atomic E-state index is -0.195. The highest BCUT2D eigenvalue weighted by Crippen LogP contribution is 2.24. The number of aromatic nitrogens is 3. The zero-order chi connectivity index (χ0) is 18.5. The van der Waals surface area contributed by atoms with Gasteiger partial charge in [0.1, 0.15) is 18.7 Å². The maximum atomic E-state index is 12.3. The summed E-state index contributed by atoms with van der Waals surface area (Å²) in [6.45, 7) is 3.03. The van der Waals surface area contributed by atoms with Gasteiger partial charge in [0, 0.05) is 38.7 Å². The molecule has 0 aromatic carbocycles. The Bertz CT molecular complexity index is 808. The monoisotopic (exact) mass is 357 g/mol. The van der Waals surface area contributed by atoms with Crippen LogP contribution in [-0.2, 0) is 16.1 Å². The normalized spacial score (nSPS) is 19.5. The van der Waals surface area contributed by atoms with Crippen LogP contribution in [0.25, 0.3) is 0 Å². The molecule has 3 heterocycles. The van der Waals surface area contributed by atoms with Crippen LogP contribution in [0.4, 0.5) is 5.82 Å². The van der Waals surface area contributed by atoms with Crippen molar-refractivity contribution < 1.29 is 9.53 Å². The molecule has 0 saturated carbocycles. The second-order valence-corrected chi connectivity index (χ2v) is 6.44. The van der Waals surface area contributed by atoms with Crippen LogP contribution in [0.2, 0.25) is 0 Å². The van der Waals surface area contributed by atoms with Crippen molar-refractivity contribution in [1.29, 1.82) is 0 Å². The Morgan fingerprint density at radius 3 is 2.96 bits per heavy atom. The molecule has 0 bridgehead atoms. The molecule has 2 aromatic rings. The summed E-state index contributed by atoms with van der Waals surface area (Å²) in [5.74, 6) is 0.619. The van der Waals surface area contributed by atoms with Crippen molar-refractivity contribution in [3.8, 4) is 0 Å². The predicted molar refractivity (Wildman–Crippen MR) is 97.0 cm³/mol. The molecule has 0 aliphatic carbocycles. The van der Waals surface area contributed by atoms with E-state index in [1.165, 1.54) is 17.0 Å². The fourth-order valence-electron chi connectivity index (χ4n) is 3.15. The molecule has 2 aromatic heterocycles. The molecule has 0 radical (unpaired) electrons. The molecule has 0 unspecified atom stereocenters. The smallest absolute Gasteiger partial charge is 0.251 e. The van der Waals surface area contributed by atoms with Gasteiger partial charge in [0.25, 0.3) is 5.56 Å². The molecule has 26 heavy (non-hydrogen) atoms. The second kappa shape index (κ2) is 8.09. The van der Waals surface area contributed by atoms with E-state index in [2.05, 4.69) is 20.2 Å². The summed E-state index contributed by atoms with van der Waals surface area (Å²) < 4.78 is 6.88. The Morgan fingerprint density at radius 1 is 1.42 bits per heavy atom. The van der Waals surface area contributed by atoms with Gasteiger partial charge in [-0.05, 0) is 31.0 Å². The van der Waals surface area contributed by atoms with Gasteiger partial charge < -0.3 is 19.5 Å². The van der Waals surface area contributed by atoms with E-state index in [1.54, 1.807) is 19.5 Å². The Kier molecular flexibility index (Phi) is 5.62. The number of hydrogen-bond acceptors (Lipinski definition) is 6. The van der Waals surface area contributed by atoms with E-state index in [1.807, 2.05) is 19.1 Å². The Labute approximate surface area is 151 Å². The van der Waals surface area contributed by atoms with Crippen molar-refractivity contribution in [2.45, 2.75) is 32.0 Å². The lowest BCUT2D eigenvalue weighted by molar-refractivity contribution is -0.121. The highest BCUT2D eigenvalue weighted by molar-refractivity contribution is 5.75. The third-order valence-electron chi connectivity index (χ3n) is 4.57. The molecule has 1 aliphatic rings. The summed E-state index contributed by atoms with van der Waals surface area (Å²) in [6.07, 6.45) is 5.73. The van der Waals surface area contributed by atoms with Gasteiger partial charge in [0.05, 0.1) is 12.1 Å². The number of nitrogens with zero attached hydrogens (tertiary/aromatic N) is 4. The summed E-state index contributed by atoms with van der Waals surface area (Å²) >= 11 is 0. The molecule has 138 valence electrons. The van der Waals surface area contributed by atoms with Crippen LogP contribution < -0.4 is 15.8 Å². The maximum Gasteiger partial charge on any atom is 0.251 e. The minimum Gasteiger partial charge on any atom is -0.380 e. The topological polar surface area (TPSA) is 89.4 Å². The van der Waals surface area contributed by atoms with E-state index in [0.717, 1.165) is 17.8 Å². The van der Waals surface area contributed by atoms with E-state index in [0.29, 0.717) is 13.1 Å². The standard InChI is InChI=1S/C18H23N5O3/c1-13-4-6-22(18(25)7-13)11-17(24)20-9-14-8-15(26-2)10-23(14)16-3-5-19-12-21-16/h3-7,12,14-15H,8-11H2,1-2H3,(H,20,24)/t14-,15-/m0/s1. The van der Waals surface area contributed by atoms with Crippen molar-refractivity contribution in [3.63, 3.8) is 0 Å². The van der Waals surface area contributed by atoms with Crippen molar-refractivity contribution in [2.75, 3.05) is 25.1 Å². The van der Waals surface area contributed by atoms with Gasteiger partial charge >= 0.3 is 0 Å². The quantitative estimate of drug-likeness (QED) is 0.803. The number of nitrogens with one attached hydrogen (secondary N) is 1. The van der Waals surface area contributed by atoms with Gasteiger partial charge in [0.15, 0.2) is 0 Å².